The maximum absolute atomic E-state index is 12.8. The summed E-state index contributed by atoms with van der Waals surface area (Å²) in [4.78, 5) is 18.1. The first-order valence-corrected chi connectivity index (χ1v) is 9.04. The first-order valence-electron chi connectivity index (χ1n) is 8.17. The fraction of sp³-hybridized carbons (Fsp3) is 0.0500. The van der Waals surface area contributed by atoms with Gasteiger partial charge in [0.25, 0.3) is 5.91 Å². The number of aromatic hydroxyl groups is 1. The van der Waals surface area contributed by atoms with E-state index in [1.54, 1.807) is 47.1 Å². The minimum absolute atomic E-state index is 0.148. The largest absolute Gasteiger partial charge is 0.508 e. The lowest BCUT2D eigenvalue weighted by molar-refractivity contribution is 0.0947. The Kier molecular flexibility index (Phi) is 4.32. The number of carbonyl (C=O) groups excluding carboxylic acids is 1. The number of imidazole rings is 1. The Morgan fingerprint density at radius 3 is 2.89 bits per heavy atom. The van der Waals surface area contributed by atoms with Gasteiger partial charge in [-0.15, -0.1) is 11.3 Å². The topological polar surface area (TPSA) is 90.4 Å². The van der Waals surface area contributed by atoms with Gasteiger partial charge in [-0.05, 0) is 35.7 Å². The van der Waals surface area contributed by atoms with E-state index in [1.807, 2.05) is 23.6 Å². The second-order valence-electron chi connectivity index (χ2n) is 5.88. The van der Waals surface area contributed by atoms with Crippen LogP contribution in [0.15, 0.2) is 66.3 Å². The van der Waals surface area contributed by atoms with Crippen LogP contribution in [-0.2, 0) is 0 Å². The quantitative estimate of drug-likeness (QED) is 0.569. The number of nitrogens with zero attached hydrogens (tertiary/aromatic N) is 3. The van der Waals surface area contributed by atoms with Crippen LogP contribution < -0.4 is 5.32 Å². The second kappa shape index (κ2) is 6.94. The fourth-order valence-electron chi connectivity index (χ4n) is 2.83. The van der Waals surface area contributed by atoms with E-state index in [-0.39, 0.29) is 11.7 Å². The van der Waals surface area contributed by atoms with E-state index < -0.39 is 6.04 Å². The average Bonchev–Trinajstić information content (AvgIpc) is 3.35. The number of benzene rings is 1. The number of phenols is 1. The molecule has 1 atom stereocenters. The Labute approximate surface area is 159 Å². The number of hydrogen-bond acceptors (Lipinski definition) is 5. The zero-order chi connectivity index (χ0) is 18.8. The van der Waals surface area contributed by atoms with Gasteiger partial charge in [-0.2, -0.15) is 5.26 Å². The molecule has 0 fully saturated rings. The Balaban J connectivity index is 1.70. The summed E-state index contributed by atoms with van der Waals surface area (Å²) in [7, 11) is 0. The monoisotopic (exact) mass is 374 g/mol. The van der Waals surface area contributed by atoms with Crippen molar-refractivity contribution in [3.63, 3.8) is 0 Å². The van der Waals surface area contributed by atoms with Gasteiger partial charge >= 0.3 is 0 Å². The van der Waals surface area contributed by atoms with Crippen LogP contribution in [0, 0.1) is 11.3 Å². The van der Waals surface area contributed by atoms with Gasteiger partial charge in [-0.25, -0.2) is 4.98 Å². The highest BCUT2D eigenvalue weighted by atomic mass is 32.1. The van der Waals surface area contributed by atoms with Crippen LogP contribution in [-0.4, -0.2) is 20.4 Å². The maximum Gasteiger partial charge on any atom is 0.256 e. The molecule has 0 bridgehead atoms. The molecular weight excluding hydrogens is 360 g/mol. The summed E-state index contributed by atoms with van der Waals surface area (Å²) in [6.45, 7) is 0. The van der Waals surface area contributed by atoms with Gasteiger partial charge in [0.05, 0.1) is 17.3 Å². The number of phenolic OH excluding ortho intramolecular Hbond substituents is 1. The molecule has 0 saturated carbocycles. The number of pyridine rings is 1. The van der Waals surface area contributed by atoms with Crippen LogP contribution >= 0.6 is 11.3 Å². The number of nitrogens with one attached hydrogen (secondary N) is 1. The lowest BCUT2D eigenvalue weighted by Crippen LogP contribution is -2.27. The maximum atomic E-state index is 12.8. The van der Waals surface area contributed by atoms with Gasteiger partial charge in [0.2, 0.25) is 0 Å². The highest BCUT2D eigenvalue weighted by Crippen LogP contribution is 2.24. The Morgan fingerprint density at radius 2 is 2.15 bits per heavy atom. The summed E-state index contributed by atoms with van der Waals surface area (Å²) in [5.74, 6) is -0.219. The third kappa shape index (κ3) is 3.26. The van der Waals surface area contributed by atoms with E-state index in [9.17, 15) is 15.2 Å². The molecule has 3 heterocycles. The van der Waals surface area contributed by atoms with Crippen LogP contribution in [0.5, 0.6) is 5.75 Å². The van der Waals surface area contributed by atoms with Gasteiger partial charge in [-0.3, -0.25) is 4.79 Å². The summed E-state index contributed by atoms with van der Waals surface area (Å²) in [6.07, 6.45) is 3.59. The van der Waals surface area contributed by atoms with Crippen molar-refractivity contribution in [1.29, 1.82) is 5.26 Å². The SMILES string of the molecule is N#CC(NC(=O)c1cccn2cc(-c3cccc(O)c3)nc12)c1cccs1. The molecule has 132 valence electrons. The Hall–Kier alpha value is -3.63. The first-order chi connectivity index (χ1) is 13.2. The van der Waals surface area contributed by atoms with E-state index in [0.29, 0.717) is 16.9 Å². The van der Waals surface area contributed by atoms with Crippen molar-refractivity contribution in [2.75, 3.05) is 0 Å². The normalized spacial score (nSPS) is 11.8. The molecule has 1 unspecified atom stereocenters. The van der Waals surface area contributed by atoms with Crippen molar-refractivity contribution in [1.82, 2.24) is 14.7 Å². The number of carbonyl (C=O) groups is 1. The second-order valence-corrected chi connectivity index (χ2v) is 6.86. The van der Waals surface area contributed by atoms with Crippen molar-refractivity contribution in [2.24, 2.45) is 0 Å². The molecule has 2 N–H and O–H groups in total. The number of rotatable bonds is 4. The standard InChI is InChI=1S/C20H14N4O2S/c21-11-16(18-7-3-9-27-18)23-20(26)15-6-2-8-24-12-17(22-19(15)24)13-4-1-5-14(25)10-13/h1-10,12,16,25H,(H,23,26). The molecule has 0 aliphatic carbocycles. The molecule has 4 aromatic rings. The van der Waals surface area contributed by atoms with E-state index in [1.165, 1.54) is 11.3 Å². The zero-order valence-electron chi connectivity index (χ0n) is 14.0. The first kappa shape index (κ1) is 16.8. The van der Waals surface area contributed by atoms with Crippen molar-refractivity contribution in [3.8, 4) is 23.1 Å². The van der Waals surface area contributed by atoms with Gasteiger partial charge in [0.15, 0.2) is 6.04 Å². The van der Waals surface area contributed by atoms with E-state index >= 15 is 0 Å². The number of nitriles is 1. The highest BCUT2D eigenvalue weighted by Gasteiger charge is 2.19. The molecule has 1 amide bonds. The van der Waals surface area contributed by atoms with Crippen LogP contribution in [0.1, 0.15) is 21.3 Å². The predicted molar refractivity (Wildman–Crippen MR) is 102 cm³/mol. The van der Waals surface area contributed by atoms with Gasteiger partial charge < -0.3 is 14.8 Å². The number of hydrogen-bond donors (Lipinski definition) is 2. The molecule has 4 rings (SSSR count). The van der Waals surface area contributed by atoms with Crippen LogP contribution in [0.2, 0.25) is 0 Å². The minimum atomic E-state index is -0.710. The Bertz CT molecular complexity index is 1160. The highest BCUT2D eigenvalue weighted by molar-refractivity contribution is 7.10. The third-order valence-corrected chi connectivity index (χ3v) is 5.04. The summed E-state index contributed by atoms with van der Waals surface area (Å²) >= 11 is 1.42. The summed E-state index contributed by atoms with van der Waals surface area (Å²) in [6, 6.07) is 15.3. The van der Waals surface area contributed by atoms with Crippen LogP contribution in [0.4, 0.5) is 0 Å². The number of amides is 1. The van der Waals surface area contributed by atoms with E-state index in [2.05, 4.69) is 16.4 Å². The van der Waals surface area contributed by atoms with E-state index in [0.717, 1.165) is 10.4 Å². The molecule has 6 nitrogen and oxygen atoms in total. The van der Waals surface area contributed by atoms with Crippen LogP contribution in [0.3, 0.4) is 0 Å². The molecule has 7 heteroatoms. The lowest BCUT2D eigenvalue weighted by Gasteiger charge is -2.10. The molecule has 0 aliphatic heterocycles. The predicted octanol–water partition coefficient (Wildman–Crippen LogP) is 3.76. The minimum Gasteiger partial charge on any atom is -0.508 e. The molecule has 1 aromatic carbocycles. The summed E-state index contributed by atoms with van der Waals surface area (Å²) in [5, 5.41) is 23.7. The third-order valence-electron chi connectivity index (χ3n) is 4.10. The molecule has 3 aromatic heterocycles. The molecule has 0 spiro atoms. The van der Waals surface area contributed by atoms with Crippen molar-refractivity contribution in [2.45, 2.75) is 6.04 Å². The van der Waals surface area contributed by atoms with Gasteiger partial charge in [-0.1, -0.05) is 18.2 Å². The van der Waals surface area contributed by atoms with Gasteiger partial charge in [0, 0.05) is 22.8 Å². The molecule has 0 saturated heterocycles. The van der Waals surface area contributed by atoms with Crippen molar-refractivity contribution >= 4 is 22.9 Å². The summed E-state index contributed by atoms with van der Waals surface area (Å²) in [5.41, 5.74) is 2.25. The zero-order valence-corrected chi connectivity index (χ0v) is 14.9. The van der Waals surface area contributed by atoms with E-state index in [4.69, 9.17) is 0 Å². The average molecular weight is 374 g/mol. The lowest BCUT2D eigenvalue weighted by atomic mass is 10.1. The summed E-state index contributed by atoms with van der Waals surface area (Å²) < 4.78 is 1.75. The van der Waals surface area contributed by atoms with Crippen molar-refractivity contribution < 1.29 is 9.90 Å². The number of aromatic nitrogens is 2. The van der Waals surface area contributed by atoms with Gasteiger partial charge in [0.1, 0.15) is 11.4 Å². The molecule has 0 aliphatic rings. The molecule has 0 radical (unpaired) electrons. The van der Waals surface area contributed by atoms with Crippen molar-refractivity contribution in [3.05, 3.63) is 76.7 Å². The van der Waals surface area contributed by atoms with Crippen LogP contribution in [0.25, 0.3) is 16.9 Å². The molecular formula is C20H14N4O2S. The molecule has 27 heavy (non-hydrogen) atoms. The smallest absolute Gasteiger partial charge is 0.256 e. The number of fused-ring (bicyclic) bond motifs is 1. The fourth-order valence-corrected chi connectivity index (χ4v) is 3.55. The Morgan fingerprint density at radius 1 is 1.26 bits per heavy atom. The number of thiophene rings is 1.